The minimum absolute atomic E-state index is 0.257. The Labute approximate surface area is 147 Å². The minimum Gasteiger partial charge on any atom is -0.367 e. The van der Waals surface area contributed by atoms with Crippen molar-refractivity contribution in [2.75, 3.05) is 5.32 Å². The molecule has 0 unspecified atom stereocenters. The van der Waals surface area contributed by atoms with Crippen LogP contribution in [0.2, 0.25) is 11.6 Å². The molecule has 1 aliphatic rings. The molecular weight excluding hydrogens is 322 g/mol. The van der Waals surface area contributed by atoms with Crippen LogP contribution in [0.1, 0.15) is 25.7 Å². The van der Waals surface area contributed by atoms with E-state index >= 15 is 0 Å². The van der Waals surface area contributed by atoms with E-state index in [9.17, 15) is 0 Å². The van der Waals surface area contributed by atoms with Gasteiger partial charge in [0.1, 0.15) is 5.82 Å². The van der Waals surface area contributed by atoms with Crippen LogP contribution in [-0.4, -0.2) is 28.4 Å². The van der Waals surface area contributed by atoms with Crippen LogP contribution in [0.15, 0.2) is 30.7 Å². The van der Waals surface area contributed by atoms with Crippen molar-refractivity contribution in [2.45, 2.75) is 38.0 Å². The fourth-order valence-corrected chi connectivity index (χ4v) is 3.32. The summed E-state index contributed by atoms with van der Waals surface area (Å²) in [4.78, 5) is 12.6. The van der Waals surface area contributed by atoms with Crippen molar-refractivity contribution >= 4 is 24.8 Å². The van der Waals surface area contributed by atoms with Gasteiger partial charge in [0.05, 0.1) is 0 Å². The van der Waals surface area contributed by atoms with Crippen LogP contribution < -0.4 is 16.5 Å². The second-order valence-corrected chi connectivity index (χ2v) is 6.44. The summed E-state index contributed by atoms with van der Waals surface area (Å²) in [7, 11) is 1.93. The molecule has 1 fully saturated rings. The SMILES string of the molecule is NN[B]CC1CCC(Nc2nc(Cl)ncc2-c2ccncc2)CC1. The molecule has 3 rings (SSSR count). The number of hydrazine groups is 1. The first-order valence-electron chi connectivity index (χ1n) is 8.23. The summed E-state index contributed by atoms with van der Waals surface area (Å²) in [6, 6.07) is 4.30. The van der Waals surface area contributed by atoms with Gasteiger partial charge in [-0.25, -0.2) is 9.97 Å². The van der Waals surface area contributed by atoms with Crippen molar-refractivity contribution in [1.82, 2.24) is 20.3 Å². The normalized spacial score (nSPS) is 20.6. The number of hydrogen-bond acceptors (Lipinski definition) is 6. The molecular formula is C16H21BClN6. The molecule has 0 spiro atoms. The van der Waals surface area contributed by atoms with Crippen molar-refractivity contribution < 1.29 is 0 Å². The number of aromatic nitrogens is 3. The summed E-state index contributed by atoms with van der Waals surface area (Å²) in [5.74, 6) is 6.81. The van der Waals surface area contributed by atoms with Crippen molar-refractivity contribution in [2.24, 2.45) is 11.8 Å². The van der Waals surface area contributed by atoms with Crippen molar-refractivity contribution in [3.63, 3.8) is 0 Å². The van der Waals surface area contributed by atoms with Gasteiger partial charge < -0.3 is 10.7 Å². The first-order valence-corrected chi connectivity index (χ1v) is 8.61. The minimum atomic E-state index is 0.257. The van der Waals surface area contributed by atoms with Crippen LogP contribution in [-0.2, 0) is 0 Å². The molecule has 0 aliphatic heterocycles. The Morgan fingerprint density at radius 3 is 2.67 bits per heavy atom. The molecule has 0 amide bonds. The van der Waals surface area contributed by atoms with E-state index in [4.69, 9.17) is 17.4 Å². The Kier molecular flexibility index (Phi) is 6.01. The van der Waals surface area contributed by atoms with E-state index in [0.29, 0.717) is 12.0 Å². The van der Waals surface area contributed by atoms with E-state index in [2.05, 4.69) is 25.6 Å². The van der Waals surface area contributed by atoms with Gasteiger partial charge in [-0.3, -0.25) is 10.8 Å². The lowest BCUT2D eigenvalue weighted by Gasteiger charge is -2.29. The zero-order valence-corrected chi connectivity index (χ0v) is 14.2. The smallest absolute Gasteiger partial charge is 0.225 e. The zero-order chi connectivity index (χ0) is 16.8. The largest absolute Gasteiger partial charge is 0.367 e. The van der Waals surface area contributed by atoms with E-state index in [1.165, 1.54) is 12.8 Å². The van der Waals surface area contributed by atoms with Crippen LogP contribution in [0.4, 0.5) is 5.82 Å². The van der Waals surface area contributed by atoms with Gasteiger partial charge in [-0.2, -0.15) is 0 Å². The van der Waals surface area contributed by atoms with Crippen molar-refractivity contribution in [3.8, 4) is 11.1 Å². The van der Waals surface area contributed by atoms with Crippen molar-refractivity contribution in [3.05, 3.63) is 36.0 Å². The third-order valence-corrected chi connectivity index (χ3v) is 4.69. The third kappa shape index (κ3) is 4.44. The van der Waals surface area contributed by atoms with Crippen LogP contribution in [0.3, 0.4) is 0 Å². The number of hydrogen-bond donors (Lipinski definition) is 3. The van der Waals surface area contributed by atoms with E-state index in [1.54, 1.807) is 18.6 Å². The summed E-state index contributed by atoms with van der Waals surface area (Å²) in [6.45, 7) is 0. The molecule has 2 aromatic heterocycles. The fraction of sp³-hybridized carbons (Fsp3) is 0.438. The number of nitrogens with two attached hydrogens (primary N) is 1. The molecule has 1 radical (unpaired) electrons. The lowest BCUT2D eigenvalue weighted by molar-refractivity contribution is 0.359. The first-order chi connectivity index (χ1) is 11.8. The summed E-state index contributed by atoms with van der Waals surface area (Å²) in [5.41, 5.74) is 1.98. The summed E-state index contributed by atoms with van der Waals surface area (Å²) >= 11 is 6.00. The number of nitrogens with one attached hydrogen (secondary N) is 2. The molecule has 125 valence electrons. The number of pyridine rings is 1. The monoisotopic (exact) mass is 343 g/mol. The maximum absolute atomic E-state index is 6.00. The lowest BCUT2D eigenvalue weighted by atomic mass is 9.74. The number of rotatable bonds is 6. The average molecular weight is 344 g/mol. The third-order valence-electron chi connectivity index (χ3n) is 4.51. The molecule has 1 saturated carbocycles. The highest BCUT2D eigenvalue weighted by Gasteiger charge is 2.22. The highest BCUT2D eigenvalue weighted by atomic mass is 35.5. The second kappa shape index (κ2) is 8.42. The van der Waals surface area contributed by atoms with E-state index in [0.717, 1.165) is 36.1 Å². The second-order valence-electron chi connectivity index (χ2n) is 6.11. The predicted molar refractivity (Wildman–Crippen MR) is 97.5 cm³/mol. The molecule has 8 heteroatoms. The topological polar surface area (TPSA) is 88.8 Å². The molecule has 1 aliphatic carbocycles. The van der Waals surface area contributed by atoms with Gasteiger partial charge in [0.2, 0.25) is 12.7 Å². The molecule has 0 bridgehead atoms. The highest BCUT2D eigenvalue weighted by molar-refractivity contribution is 6.31. The lowest BCUT2D eigenvalue weighted by Crippen LogP contribution is -2.31. The number of nitrogens with zero attached hydrogens (tertiary/aromatic N) is 3. The van der Waals surface area contributed by atoms with Gasteiger partial charge in [0.15, 0.2) is 0 Å². The fourth-order valence-electron chi connectivity index (χ4n) is 3.18. The van der Waals surface area contributed by atoms with Crippen LogP contribution >= 0.6 is 11.6 Å². The number of anilines is 1. The Morgan fingerprint density at radius 2 is 1.96 bits per heavy atom. The summed E-state index contributed by atoms with van der Waals surface area (Å²) in [6.07, 6.45) is 10.9. The molecule has 6 nitrogen and oxygen atoms in total. The van der Waals surface area contributed by atoms with Gasteiger partial charge in [-0.1, -0.05) is 6.32 Å². The standard InChI is InChI=1S/C16H21BClN6/c18-16-21-10-14(12-5-7-20-8-6-12)15(23-16)22-13-3-1-11(2-4-13)9-17-24-19/h5-8,10-11,13,24H,1-4,9,19H2,(H,21,22,23). The van der Waals surface area contributed by atoms with E-state index < -0.39 is 0 Å². The molecule has 0 saturated heterocycles. The Morgan fingerprint density at radius 1 is 1.21 bits per heavy atom. The van der Waals surface area contributed by atoms with Gasteiger partial charge in [-0.05, 0) is 60.9 Å². The summed E-state index contributed by atoms with van der Waals surface area (Å²) < 4.78 is 0. The Bertz CT molecular complexity index is 648. The Hall–Kier alpha value is -1.70. The molecule has 0 atom stereocenters. The highest BCUT2D eigenvalue weighted by Crippen LogP contribution is 2.31. The number of halogens is 1. The molecule has 2 aromatic rings. The van der Waals surface area contributed by atoms with Crippen LogP contribution in [0.5, 0.6) is 0 Å². The first kappa shape index (κ1) is 17.1. The molecule has 2 heterocycles. The maximum Gasteiger partial charge on any atom is 0.225 e. The Balaban J connectivity index is 1.68. The quantitative estimate of drug-likeness (QED) is 0.323. The predicted octanol–water partition coefficient (Wildman–Crippen LogP) is 2.66. The molecule has 4 N–H and O–H groups in total. The average Bonchev–Trinajstić information content (AvgIpc) is 2.62. The van der Waals surface area contributed by atoms with E-state index in [-0.39, 0.29) is 5.28 Å². The molecule has 0 aromatic carbocycles. The van der Waals surface area contributed by atoms with Crippen LogP contribution in [0, 0.1) is 5.92 Å². The zero-order valence-electron chi connectivity index (χ0n) is 13.5. The van der Waals surface area contributed by atoms with Gasteiger partial charge in [0, 0.05) is 30.2 Å². The maximum atomic E-state index is 6.00. The van der Waals surface area contributed by atoms with Gasteiger partial charge in [-0.15, -0.1) is 0 Å². The summed E-state index contributed by atoms with van der Waals surface area (Å²) in [5, 5.41) is 6.44. The van der Waals surface area contributed by atoms with Gasteiger partial charge >= 0.3 is 0 Å². The van der Waals surface area contributed by atoms with Crippen LogP contribution in [0.25, 0.3) is 11.1 Å². The van der Waals surface area contributed by atoms with Crippen molar-refractivity contribution in [1.29, 1.82) is 0 Å². The van der Waals surface area contributed by atoms with Gasteiger partial charge in [0.25, 0.3) is 0 Å². The molecule has 24 heavy (non-hydrogen) atoms. The van der Waals surface area contributed by atoms with E-state index in [1.807, 2.05) is 19.5 Å².